The third kappa shape index (κ3) is 4.74. The summed E-state index contributed by atoms with van der Waals surface area (Å²) < 4.78 is 1.96. The van der Waals surface area contributed by atoms with Crippen molar-refractivity contribution in [3.63, 3.8) is 0 Å². The molecule has 0 unspecified atom stereocenters. The highest BCUT2D eigenvalue weighted by atomic mass is 35.5. The van der Waals surface area contributed by atoms with Crippen LogP contribution in [-0.2, 0) is 0 Å². The quantitative estimate of drug-likeness (QED) is 0.771. The molecule has 2 saturated heterocycles. The van der Waals surface area contributed by atoms with Gasteiger partial charge in [0.25, 0.3) is 5.91 Å². The Morgan fingerprint density at radius 2 is 1.70 bits per heavy atom. The second kappa shape index (κ2) is 10.5. The molecular weight excluding hydrogens is 423 g/mol. The number of amides is 1. The first-order chi connectivity index (χ1) is 13.6. The highest BCUT2D eigenvalue weighted by Crippen LogP contribution is 2.25. The van der Waals surface area contributed by atoms with E-state index in [2.05, 4.69) is 52.6 Å². The van der Waals surface area contributed by atoms with Gasteiger partial charge in [-0.1, -0.05) is 17.3 Å². The molecule has 2 aliphatic heterocycles. The first-order valence-electron chi connectivity index (χ1n) is 10.3. The van der Waals surface area contributed by atoms with E-state index in [1.165, 1.54) is 16.8 Å². The molecule has 2 aromatic rings. The largest absolute Gasteiger partial charge is 0.368 e. The predicted octanol–water partition coefficient (Wildman–Crippen LogP) is 2.93. The van der Waals surface area contributed by atoms with Crippen LogP contribution in [0.25, 0.3) is 0 Å². The van der Waals surface area contributed by atoms with Gasteiger partial charge >= 0.3 is 0 Å². The lowest BCUT2D eigenvalue weighted by atomic mass is 10.1. The van der Waals surface area contributed by atoms with Crippen LogP contribution in [0, 0.1) is 20.8 Å². The summed E-state index contributed by atoms with van der Waals surface area (Å²) in [6.45, 7) is 11.4. The van der Waals surface area contributed by atoms with E-state index in [4.69, 9.17) is 0 Å². The van der Waals surface area contributed by atoms with Crippen LogP contribution in [0.1, 0.15) is 46.2 Å². The Balaban J connectivity index is 0.00000160. The highest BCUT2D eigenvalue weighted by molar-refractivity contribution is 5.93. The lowest BCUT2D eigenvalue weighted by molar-refractivity contribution is 0.0740. The van der Waals surface area contributed by atoms with E-state index >= 15 is 0 Å². The topological polar surface area (TPSA) is 66.3 Å². The number of hydrogen-bond donors (Lipinski definition) is 1. The maximum atomic E-state index is 13.1. The van der Waals surface area contributed by atoms with Gasteiger partial charge in [-0.05, 0) is 63.9 Å². The molecule has 1 amide bonds. The van der Waals surface area contributed by atoms with E-state index in [1.54, 1.807) is 0 Å². The average Bonchev–Trinajstić information content (AvgIpc) is 3.11. The van der Waals surface area contributed by atoms with Gasteiger partial charge in [-0.3, -0.25) is 4.79 Å². The predicted molar refractivity (Wildman–Crippen MR) is 124 cm³/mol. The molecule has 0 spiro atoms. The van der Waals surface area contributed by atoms with E-state index in [-0.39, 0.29) is 30.7 Å². The SMILES string of the molecule is Cc1cccc(N2CCN(C(=O)c3nnn(C4CCNCC4)c3C)CC2)c1C.Cl.Cl. The second-order valence-electron chi connectivity index (χ2n) is 7.95. The van der Waals surface area contributed by atoms with Gasteiger partial charge in [0.1, 0.15) is 0 Å². The summed E-state index contributed by atoms with van der Waals surface area (Å²) >= 11 is 0. The summed E-state index contributed by atoms with van der Waals surface area (Å²) in [6, 6.07) is 6.77. The van der Waals surface area contributed by atoms with Crippen molar-refractivity contribution >= 4 is 36.4 Å². The van der Waals surface area contributed by atoms with E-state index in [0.717, 1.165) is 44.7 Å². The number of carbonyl (C=O) groups is 1. The van der Waals surface area contributed by atoms with Crippen molar-refractivity contribution in [3.8, 4) is 0 Å². The molecular formula is C21H32Cl2N6O. The Morgan fingerprint density at radius 1 is 1.03 bits per heavy atom. The van der Waals surface area contributed by atoms with Gasteiger partial charge in [-0.2, -0.15) is 0 Å². The van der Waals surface area contributed by atoms with Crippen molar-refractivity contribution in [1.82, 2.24) is 25.2 Å². The molecule has 0 aliphatic carbocycles. The van der Waals surface area contributed by atoms with Crippen LogP contribution in [0.3, 0.4) is 0 Å². The van der Waals surface area contributed by atoms with Gasteiger partial charge in [-0.15, -0.1) is 29.9 Å². The molecule has 3 heterocycles. The first-order valence-corrected chi connectivity index (χ1v) is 10.3. The lowest BCUT2D eigenvalue weighted by Gasteiger charge is -2.36. The fourth-order valence-corrected chi connectivity index (χ4v) is 4.31. The minimum Gasteiger partial charge on any atom is -0.368 e. The van der Waals surface area contributed by atoms with Gasteiger partial charge in [0, 0.05) is 31.9 Å². The molecule has 0 bridgehead atoms. The third-order valence-corrected chi connectivity index (χ3v) is 6.27. The van der Waals surface area contributed by atoms with E-state index in [0.29, 0.717) is 24.8 Å². The third-order valence-electron chi connectivity index (χ3n) is 6.27. The van der Waals surface area contributed by atoms with Gasteiger partial charge in [0.05, 0.1) is 11.7 Å². The second-order valence-corrected chi connectivity index (χ2v) is 7.95. The summed E-state index contributed by atoms with van der Waals surface area (Å²) in [7, 11) is 0. The Bertz CT molecular complexity index is 857. The van der Waals surface area contributed by atoms with Crippen molar-refractivity contribution in [2.24, 2.45) is 0 Å². The summed E-state index contributed by atoms with van der Waals surface area (Å²) in [5, 5.41) is 11.9. The molecule has 2 fully saturated rings. The summed E-state index contributed by atoms with van der Waals surface area (Å²) in [6.07, 6.45) is 2.07. The van der Waals surface area contributed by atoms with Crippen molar-refractivity contribution in [2.45, 2.75) is 39.7 Å². The Kier molecular flexibility index (Phi) is 8.52. The number of nitrogens with zero attached hydrogens (tertiary/aromatic N) is 5. The van der Waals surface area contributed by atoms with Gasteiger partial charge in [0.2, 0.25) is 0 Å². The lowest BCUT2D eigenvalue weighted by Crippen LogP contribution is -2.49. The van der Waals surface area contributed by atoms with Gasteiger partial charge < -0.3 is 15.1 Å². The zero-order chi connectivity index (χ0) is 19.7. The van der Waals surface area contributed by atoms with E-state index in [9.17, 15) is 4.79 Å². The molecule has 0 radical (unpaired) electrons. The zero-order valence-corrected chi connectivity index (χ0v) is 19.6. The van der Waals surface area contributed by atoms with E-state index < -0.39 is 0 Å². The van der Waals surface area contributed by atoms with Crippen LogP contribution < -0.4 is 10.2 Å². The zero-order valence-electron chi connectivity index (χ0n) is 17.9. The highest BCUT2D eigenvalue weighted by Gasteiger charge is 2.28. The molecule has 30 heavy (non-hydrogen) atoms. The number of piperidine rings is 1. The number of aromatic nitrogens is 3. The minimum atomic E-state index is 0. The Hall–Kier alpha value is -1.83. The number of aryl methyl sites for hydroxylation is 1. The average molecular weight is 455 g/mol. The fraction of sp³-hybridized carbons (Fsp3) is 0.571. The monoisotopic (exact) mass is 454 g/mol. The van der Waals surface area contributed by atoms with Crippen molar-refractivity contribution in [1.29, 1.82) is 0 Å². The molecule has 166 valence electrons. The molecule has 7 nitrogen and oxygen atoms in total. The number of anilines is 1. The van der Waals surface area contributed by atoms with Crippen LogP contribution in [0.2, 0.25) is 0 Å². The number of carbonyl (C=O) groups excluding carboxylic acids is 1. The van der Waals surface area contributed by atoms with Crippen molar-refractivity contribution in [2.75, 3.05) is 44.2 Å². The number of benzene rings is 1. The van der Waals surface area contributed by atoms with Gasteiger partial charge in [-0.25, -0.2) is 4.68 Å². The first kappa shape index (κ1) is 24.4. The maximum Gasteiger partial charge on any atom is 0.276 e. The van der Waals surface area contributed by atoms with Crippen LogP contribution in [0.4, 0.5) is 5.69 Å². The molecule has 4 rings (SSSR count). The van der Waals surface area contributed by atoms with E-state index in [1.807, 2.05) is 16.5 Å². The van der Waals surface area contributed by atoms with Crippen LogP contribution in [0.15, 0.2) is 18.2 Å². The molecule has 9 heteroatoms. The van der Waals surface area contributed by atoms with Crippen LogP contribution in [0.5, 0.6) is 0 Å². The molecule has 0 atom stereocenters. The van der Waals surface area contributed by atoms with Gasteiger partial charge in [0.15, 0.2) is 5.69 Å². The fourth-order valence-electron chi connectivity index (χ4n) is 4.31. The Labute approximate surface area is 191 Å². The maximum absolute atomic E-state index is 13.1. The molecule has 0 saturated carbocycles. The number of nitrogens with one attached hydrogen (secondary N) is 1. The molecule has 1 aromatic heterocycles. The van der Waals surface area contributed by atoms with Crippen molar-refractivity contribution < 1.29 is 4.79 Å². The number of rotatable bonds is 3. The molecule has 2 aliphatic rings. The Morgan fingerprint density at radius 3 is 2.37 bits per heavy atom. The smallest absolute Gasteiger partial charge is 0.276 e. The number of halogens is 2. The molecule has 1 aromatic carbocycles. The number of piperazine rings is 1. The summed E-state index contributed by atoms with van der Waals surface area (Å²) in [4.78, 5) is 17.4. The van der Waals surface area contributed by atoms with Crippen LogP contribution >= 0.6 is 24.8 Å². The normalized spacial score (nSPS) is 17.3. The minimum absolute atomic E-state index is 0. The van der Waals surface area contributed by atoms with Crippen molar-refractivity contribution in [3.05, 3.63) is 40.7 Å². The molecule has 1 N–H and O–H groups in total. The summed E-state index contributed by atoms with van der Waals surface area (Å²) in [5.41, 5.74) is 5.32. The number of hydrogen-bond acceptors (Lipinski definition) is 5. The summed E-state index contributed by atoms with van der Waals surface area (Å²) in [5.74, 6) is 0.0123. The van der Waals surface area contributed by atoms with Crippen LogP contribution in [-0.4, -0.2) is 65.1 Å². The standard InChI is InChI=1S/C21H30N6O.2ClH/c1-15-5-4-6-19(16(15)2)25-11-13-26(14-12-25)21(28)20-17(3)27(24-23-20)18-7-9-22-10-8-18;;/h4-6,18,22H,7-14H2,1-3H3;2*1H.